The molecule has 0 amide bonds. The van der Waals surface area contributed by atoms with Crippen molar-refractivity contribution in [3.05, 3.63) is 40.9 Å². The summed E-state index contributed by atoms with van der Waals surface area (Å²) in [4.78, 5) is 6.43. The Morgan fingerprint density at radius 2 is 2.22 bits per heavy atom. The second-order valence-electron chi connectivity index (χ2n) is 4.24. The fourth-order valence-electron chi connectivity index (χ4n) is 1.72. The molecular formula is C15H23N3. The maximum atomic E-state index is 6.17. The van der Waals surface area contributed by atoms with E-state index in [1.54, 1.807) is 0 Å². The minimum atomic E-state index is 0.761. The highest BCUT2D eigenvalue weighted by atomic mass is 15.1. The van der Waals surface area contributed by atoms with Crippen molar-refractivity contribution in [2.45, 2.75) is 26.7 Å². The summed E-state index contributed by atoms with van der Waals surface area (Å²) < 4.78 is 0. The highest BCUT2D eigenvalue weighted by Gasteiger charge is 2.06. The van der Waals surface area contributed by atoms with E-state index < -0.39 is 0 Å². The Kier molecular flexibility index (Phi) is 6.03. The van der Waals surface area contributed by atoms with Crippen molar-refractivity contribution in [2.75, 3.05) is 20.1 Å². The minimum Gasteiger partial charge on any atom is -0.400 e. The third-order valence-electron chi connectivity index (χ3n) is 2.95. The van der Waals surface area contributed by atoms with Crippen LogP contribution in [-0.2, 0) is 0 Å². The molecule has 0 heterocycles. The van der Waals surface area contributed by atoms with Gasteiger partial charge in [-0.15, -0.1) is 5.73 Å². The largest absolute Gasteiger partial charge is 0.400 e. The van der Waals surface area contributed by atoms with Gasteiger partial charge in [-0.05, 0) is 31.6 Å². The molecular weight excluding hydrogens is 222 g/mol. The van der Waals surface area contributed by atoms with Crippen molar-refractivity contribution >= 4 is 6.21 Å². The zero-order valence-corrected chi connectivity index (χ0v) is 11.6. The Hall–Kier alpha value is -1.73. The van der Waals surface area contributed by atoms with E-state index in [1.807, 2.05) is 25.3 Å². The molecule has 18 heavy (non-hydrogen) atoms. The fraction of sp³-hybridized carbons (Fsp3) is 0.467. The van der Waals surface area contributed by atoms with Gasteiger partial charge in [0.05, 0.1) is 0 Å². The number of hydrogen-bond donors (Lipinski definition) is 1. The van der Waals surface area contributed by atoms with Crippen LogP contribution in [0.4, 0.5) is 0 Å². The quantitative estimate of drug-likeness (QED) is 0.611. The molecule has 1 aliphatic rings. The second kappa shape index (κ2) is 7.57. The third kappa shape index (κ3) is 4.27. The van der Waals surface area contributed by atoms with Crippen LogP contribution in [0.25, 0.3) is 0 Å². The van der Waals surface area contributed by atoms with Crippen molar-refractivity contribution in [3.8, 4) is 0 Å². The molecule has 0 saturated heterocycles. The monoisotopic (exact) mass is 245 g/mol. The Balaban J connectivity index is 2.97. The molecule has 1 rings (SSSR count). The Morgan fingerprint density at radius 3 is 2.89 bits per heavy atom. The predicted molar refractivity (Wildman–Crippen MR) is 78.5 cm³/mol. The summed E-state index contributed by atoms with van der Waals surface area (Å²) in [6, 6.07) is 0. The van der Waals surface area contributed by atoms with Gasteiger partial charge in [-0.1, -0.05) is 6.08 Å². The fourth-order valence-corrected chi connectivity index (χ4v) is 1.72. The van der Waals surface area contributed by atoms with E-state index in [4.69, 9.17) is 5.73 Å². The lowest BCUT2D eigenvalue weighted by Gasteiger charge is -2.21. The van der Waals surface area contributed by atoms with Gasteiger partial charge in [0.25, 0.3) is 0 Å². The van der Waals surface area contributed by atoms with Crippen molar-refractivity contribution in [2.24, 2.45) is 10.7 Å². The van der Waals surface area contributed by atoms with Gasteiger partial charge in [-0.3, -0.25) is 4.99 Å². The molecule has 0 aliphatic heterocycles. The number of rotatable bonds is 4. The van der Waals surface area contributed by atoms with E-state index in [0.29, 0.717) is 0 Å². The highest BCUT2D eigenvalue weighted by Crippen LogP contribution is 2.15. The molecule has 2 N–H and O–H groups in total. The van der Waals surface area contributed by atoms with Crippen molar-refractivity contribution in [3.63, 3.8) is 0 Å². The highest BCUT2D eigenvalue weighted by molar-refractivity contribution is 5.82. The summed E-state index contributed by atoms with van der Waals surface area (Å²) in [6.45, 7) is 5.90. The van der Waals surface area contributed by atoms with Crippen LogP contribution in [0, 0.1) is 0 Å². The topological polar surface area (TPSA) is 41.6 Å². The molecule has 0 aromatic rings. The van der Waals surface area contributed by atoms with Crippen LogP contribution in [0.5, 0.6) is 0 Å². The molecule has 0 aromatic carbocycles. The average molecular weight is 245 g/mol. The zero-order valence-electron chi connectivity index (χ0n) is 11.6. The van der Waals surface area contributed by atoms with E-state index in [-0.39, 0.29) is 0 Å². The SMILES string of the molecule is CC/N=C\C1=C\C/C(N)=C(/N(C)CC)CC=C=C1. The lowest BCUT2D eigenvalue weighted by molar-refractivity contribution is 0.426. The molecule has 0 aromatic heterocycles. The third-order valence-corrected chi connectivity index (χ3v) is 2.95. The van der Waals surface area contributed by atoms with Crippen LogP contribution < -0.4 is 5.73 Å². The van der Waals surface area contributed by atoms with Gasteiger partial charge in [-0.2, -0.15) is 0 Å². The number of nitrogens with zero attached hydrogens (tertiary/aromatic N) is 2. The van der Waals surface area contributed by atoms with Gasteiger partial charge in [0.2, 0.25) is 0 Å². The van der Waals surface area contributed by atoms with Gasteiger partial charge >= 0.3 is 0 Å². The molecule has 1 aliphatic carbocycles. The summed E-state index contributed by atoms with van der Waals surface area (Å²) >= 11 is 0. The number of nitrogens with two attached hydrogens (primary N) is 1. The second-order valence-corrected chi connectivity index (χ2v) is 4.24. The van der Waals surface area contributed by atoms with Crippen LogP contribution in [0.2, 0.25) is 0 Å². The standard InChI is InChI=1S/C15H23N3/c1-4-17-12-13-8-6-7-9-15(18(3)5-2)14(16)11-10-13/h7-8,10,12H,4-5,9,11,16H2,1-3H3/b13-10+,15-14-,17-12-. The maximum absolute atomic E-state index is 6.17. The van der Waals surface area contributed by atoms with Crippen LogP contribution in [0.3, 0.4) is 0 Å². The maximum Gasteiger partial charge on any atom is 0.0368 e. The normalized spacial score (nSPS) is 23.4. The first-order chi connectivity index (χ1) is 8.69. The van der Waals surface area contributed by atoms with E-state index >= 15 is 0 Å². The van der Waals surface area contributed by atoms with Crippen molar-refractivity contribution < 1.29 is 0 Å². The minimum absolute atomic E-state index is 0.761. The first-order valence-corrected chi connectivity index (χ1v) is 6.48. The molecule has 0 radical (unpaired) electrons. The van der Waals surface area contributed by atoms with Crippen LogP contribution in [0.1, 0.15) is 26.7 Å². The van der Waals surface area contributed by atoms with Gasteiger partial charge < -0.3 is 10.6 Å². The summed E-state index contributed by atoms with van der Waals surface area (Å²) in [6.07, 6.45) is 9.55. The van der Waals surface area contributed by atoms with Crippen molar-refractivity contribution in [1.82, 2.24) is 4.90 Å². The molecule has 98 valence electrons. The summed E-state index contributed by atoms with van der Waals surface area (Å²) in [7, 11) is 2.07. The molecule has 0 fully saturated rings. The smallest absolute Gasteiger partial charge is 0.0368 e. The summed E-state index contributed by atoms with van der Waals surface area (Å²) in [5, 5.41) is 0. The Morgan fingerprint density at radius 1 is 1.44 bits per heavy atom. The molecule has 3 nitrogen and oxygen atoms in total. The Labute approximate surface area is 110 Å². The lowest BCUT2D eigenvalue weighted by Crippen LogP contribution is -2.21. The van der Waals surface area contributed by atoms with Crippen LogP contribution in [0.15, 0.2) is 45.9 Å². The number of allylic oxidation sites excluding steroid dienone is 3. The van der Waals surface area contributed by atoms with Gasteiger partial charge in [-0.25, -0.2) is 0 Å². The molecule has 0 saturated carbocycles. The first kappa shape index (κ1) is 14.3. The number of hydrogen-bond acceptors (Lipinski definition) is 3. The zero-order chi connectivity index (χ0) is 13.4. The van der Waals surface area contributed by atoms with Crippen LogP contribution in [-0.4, -0.2) is 31.3 Å². The molecule has 0 bridgehead atoms. The lowest BCUT2D eigenvalue weighted by atomic mass is 10.1. The van der Waals surface area contributed by atoms with E-state index in [0.717, 1.165) is 37.2 Å². The summed E-state index contributed by atoms with van der Waals surface area (Å²) in [5.41, 5.74) is 12.5. The number of aliphatic imine (C=N–C) groups is 1. The van der Waals surface area contributed by atoms with E-state index in [1.165, 1.54) is 5.70 Å². The molecule has 0 spiro atoms. The Bertz CT molecular complexity index is 421. The first-order valence-electron chi connectivity index (χ1n) is 6.48. The molecule has 3 heteroatoms. The predicted octanol–water partition coefficient (Wildman–Crippen LogP) is 2.63. The molecule has 0 atom stereocenters. The van der Waals surface area contributed by atoms with Crippen molar-refractivity contribution in [1.29, 1.82) is 0 Å². The van der Waals surface area contributed by atoms with Gasteiger partial charge in [0, 0.05) is 50.6 Å². The average Bonchev–Trinajstić information content (AvgIpc) is 2.47. The van der Waals surface area contributed by atoms with E-state index in [2.05, 4.69) is 35.7 Å². The van der Waals surface area contributed by atoms with Gasteiger partial charge in [0.1, 0.15) is 0 Å². The summed E-state index contributed by atoms with van der Waals surface area (Å²) in [5.74, 6) is 0. The van der Waals surface area contributed by atoms with Gasteiger partial charge in [0.15, 0.2) is 0 Å². The van der Waals surface area contributed by atoms with Crippen LogP contribution >= 0.6 is 0 Å². The van der Waals surface area contributed by atoms with E-state index in [9.17, 15) is 0 Å². The molecule has 0 unspecified atom stereocenters.